The highest BCUT2D eigenvalue weighted by atomic mass is 19.4. The van der Waals surface area contributed by atoms with Crippen LogP contribution in [-0.2, 0) is 11.2 Å². The Kier molecular flexibility index (Phi) is 6.35. The SMILES string of the molecule is COc1cccc(NC(=O)[C@@H]2C3CCC4=Cc5c(cnn5-c5ccc(F)cc5)C[C@]4(C)C3=CC[C@H]2C(F)(F)F)c1. The maximum atomic E-state index is 14.3. The molecule has 1 aromatic heterocycles. The number of hydrogen-bond donors (Lipinski definition) is 1. The first-order chi connectivity index (χ1) is 19.1. The number of anilines is 1. The average Bonchev–Trinajstić information content (AvgIpc) is 3.33. The summed E-state index contributed by atoms with van der Waals surface area (Å²) in [4.78, 5) is 13.6. The Morgan fingerprint density at radius 1 is 1.18 bits per heavy atom. The predicted molar refractivity (Wildman–Crippen MR) is 143 cm³/mol. The van der Waals surface area contributed by atoms with Gasteiger partial charge in [0.15, 0.2) is 0 Å². The van der Waals surface area contributed by atoms with Crippen molar-refractivity contribution >= 4 is 17.7 Å². The molecule has 2 aromatic carbocycles. The van der Waals surface area contributed by atoms with Crippen molar-refractivity contribution in [2.45, 2.75) is 38.8 Å². The topological polar surface area (TPSA) is 56.1 Å². The molecule has 3 aliphatic carbocycles. The van der Waals surface area contributed by atoms with Crippen LogP contribution < -0.4 is 10.1 Å². The minimum atomic E-state index is -4.51. The largest absolute Gasteiger partial charge is 0.497 e. The number of amides is 1. The second kappa shape index (κ2) is 9.64. The van der Waals surface area contributed by atoms with Crippen molar-refractivity contribution in [1.29, 1.82) is 0 Å². The van der Waals surface area contributed by atoms with Crippen molar-refractivity contribution < 1.29 is 27.1 Å². The number of carbonyl (C=O) groups excluding carboxylic acids is 1. The van der Waals surface area contributed by atoms with Crippen LogP contribution in [0.1, 0.15) is 37.4 Å². The Morgan fingerprint density at radius 3 is 2.67 bits per heavy atom. The van der Waals surface area contributed by atoms with Gasteiger partial charge in [-0.2, -0.15) is 18.3 Å². The Morgan fingerprint density at radius 2 is 1.95 bits per heavy atom. The quantitative estimate of drug-likeness (QED) is 0.277. The normalized spacial score (nSPS) is 25.6. The summed E-state index contributed by atoms with van der Waals surface area (Å²) >= 11 is 0. The van der Waals surface area contributed by atoms with E-state index in [1.165, 1.54) is 19.2 Å². The van der Waals surface area contributed by atoms with Crippen LogP contribution in [0.15, 0.2) is 72.0 Å². The Bertz CT molecular complexity index is 1520. The van der Waals surface area contributed by atoms with Crippen LogP contribution in [0.4, 0.5) is 23.2 Å². The molecule has 0 spiro atoms. The maximum absolute atomic E-state index is 14.3. The number of fused-ring (bicyclic) bond motifs is 4. The van der Waals surface area contributed by atoms with E-state index in [-0.39, 0.29) is 12.2 Å². The molecule has 0 saturated heterocycles. The highest BCUT2D eigenvalue weighted by molar-refractivity contribution is 5.93. The van der Waals surface area contributed by atoms with Gasteiger partial charge in [0, 0.05) is 17.2 Å². The molecule has 1 N–H and O–H groups in total. The van der Waals surface area contributed by atoms with E-state index in [9.17, 15) is 22.4 Å². The zero-order chi connectivity index (χ0) is 28.2. The summed E-state index contributed by atoms with van der Waals surface area (Å²) in [5.74, 6) is -3.99. The molecular weight excluding hydrogens is 522 g/mol. The molecule has 1 heterocycles. The molecule has 1 unspecified atom stereocenters. The highest BCUT2D eigenvalue weighted by Gasteiger charge is 2.56. The maximum Gasteiger partial charge on any atom is 0.392 e. The summed E-state index contributed by atoms with van der Waals surface area (Å²) in [7, 11) is 1.49. The van der Waals surface area contributed by atoms with E-state index >= 15 is 0 Å². The highest BCUT2D eigenvalue weighted by Crippen LogP contribution is 2.59. The van der Waals surface area contributed by atoms with Gasteiger partial charge in [0.05, 0.1) is 36.5 Å². The number of hydrogen-bond acceptors (Lipinski definition) is 3. The number of allylic oxidation sites excluding steroid dienone is 3. The molecule has 3 aromatic rings. The monoisotopic (exact) mass is 551 g/mol. The average molecular weight is 552 g/mol. The van der Waals surface area contributed by atoms with Gasteiger partial charge in [-0.25, -0.2) is 9.07 Å². The summed E-state index contributed by atoms with van der Waals surface area (Å²) in [5, 5.41) is 7.29. The lowest BCUT2D eigenvalue weighted by molar-refractivity contribution is -0.196. The summed E-state index contributed by atoms with van der Waals surface area (Å²) in [6.45, 7) is 2.07. The minimum absolute atomic E-state index is 0.240. The molecule has 4 atom stereocenters. The van der Waals surface area contributed by atoms with Crippen LogP contribution in [-0.4, -0.2) is 29.0 Å². The van der Waals surface area contributed by atoms with Gasteiger partial charge >= 0.3 is 6.18 Å². The van der Waals surface area contributed by atoms with Gasteiger partial charge in [-0.3, -0.25) is 4.79 Å². The lowest BCUT2D eigenvalue weighted by Gasteiger charge is -2.50. The third kappa shape index (κ3) is 4.41. The van der Waals surface area contributed by atoms with Crippen LogP contribution in [0.2, 0.25) is 0 Å². The molecular formula is C31H29F4N3O2. The standard InChI is InChI=1S/C31H29F4N3O2/c1-30-16-18-17-36-38(22-9-7-20(32)8-10-22)27(18)14-19(30)6-11-24-25(30)12-13-26(31(33,34)35)28(24)29(39)37-21-4-3-5-23(15-21)40-2/h3-5,7-10,12,14-15,17,24,26,28H,6,11,13,16H2,1-2H3,(H,37,39)/t24?,26-,28-,30+/m1/s1. The number of halogens is 4. The van der Waals surface area contributed by atoms with Crippen LogP contribution in [0.5, 0.6) is 5.75 Å². The van der Waals surface area contributed by atoms with E-state index < -0.39 is 35.3 Å². The fourth-order valence-corrected chi connectivity index (χ4v) is 6.86. The third-order valence-corrected chi connectivity index (χ3v) is 8.80. The number of alkyl halides is 3. The second-order valence-corrected chi connectivity index (χ2v) is 11.1. The van der Waals surface area contributed by atoms with Crippen molar-refractivity contribution in [3.63, 3.8) is 0 Å². The fourth-order valence-electron chi connectivity index (χ4n) is 6.86. The lowest BCUT2D eigenvalue weighted by Crippen LogP contribution is -2.49. The first-order valence-corrected chi connectivity index (χ1v) is 13.3. The molecule has 5 nitrogen and oxygen atoms in total. The van der Waals surface area contributed by atoms with Gasteiger partial charge in [0.1, 0.15) is 11.6 Å². The smallest absolute Gasteiger partial charge is 0.392 e. The van der Waals surface area contributed by atoms with Gasteiger partial charge in [-0.1, -0.05) is 30.2 Å². The predicted octanol–water partition coefficient (Wildman–Crippen LogP) is 7.14. The van der Waals surface area contributed by atoms with E-state index in [0.717, 1.165) is 28.1 Å². The number of rotatable bonds is 4. The van der Waals surface area contributed by atoms with Crippen molar-refractivity contribution in [2.24, 2.45) is 23.2 Å². The first kappa shape index (κ1) is 26.3. The number of nitrogens with zero attached hydrogens (tertiary/aromatic N) is 2. The second-order valence-electron chi connectivity index (χ2n) is 11.1. The van der Waals surface area contributed by atoms with Crippen molar-refractivity contribution in [3.8, 4) is 11.4 Å². The molecule has 0 bridgehead atoms. The lowest BCUT2D eigenvalue weighted by atomic mass is 9.54. The van der Waals surface area contributed by atoms with Gasteiger partial charge in [-0.15, -0.1) is 0 Å². The van der Waals surface area contributed by atoms with Crippen LogP contribution in [0.25, 0.3) is 11.8 Å². The minimum Gasteiger partial charge on any atom is -0.497 e. The molecule has 1 saturated carbocycles. The first-order valence-electron chi connectivity index (χ1n) is 13.3. The van der Waals surface area contributed by atoms with E-state index in [1.54, 1.807) is 53.4 Å². The molecule has 9 heteroatoms. The Labute approximate surface area is 229 Å². The molecule has 3 aliphatic rings. The molecule has 1 amide bonds. The molecule has 40 heavy (non-hydrogen) atoms. The summed E-state index contributed by atoms with van der Waals surface area (Å²) in [6, 6.07) is 12.7. The Balaban J connectivity index is 1.35. The molecule has 1 fully saturated rings. The van der Waals surface area contributed by atoms with Gasteiger partial charge in [0.25, 0.3) is 0 Å². The Hall–Kier alpha value is -3.88. The number of nitrogens with one attached hydrogen (secondary N) is 1. The zero-order valence-electron chi connectivity index (χ0n) is 22.1. The fraction of sp³-hybridized carbons (Fsp3) is 0.355. The van der Waals surface area contributed by atoms with Crippen LogP contribution in [0, 0.1) is 29.0 Å². The molecule has 0 radical (unpaired) electrons. The summed E-state index contributed by atoms with van der Waals surface area (Å²) in [6.07, 6.45) is 2.42. The molecule has 208 valence electrons. The van der Waals surface area contributed by atoms with Crippen molar-refractivity contribution in [1.82, 2.24) is 9.78 Å². The number of carbonyl (C=O) groups is 1. The number of benzene rings is 2. The van der Waals surface area contributed by atoms with E-state index in [1.807, 2.05) is 0 Å². The van der Waals surface area contributed by atoms with Gasteiger partial charge in [-0.05, 0) is 79.6 Å². The molecule has 0 aliphatic heterocycles. The van der Waals surface area contributed by atoms with Crippen LogP contribution in [0.3, 0.4) is 0 Å². The van der Waals surface area contributed by atoms with E-state index in [0.29, 0.717) is 30.7 Å². The molecule has 6 rings (SSSR count). The van der Waals surface area contributed by atoms with Crippen LogP contribution >= 0.6 is 0 Å². The number of aromatic nitrogens is 2. The van der Waals surface area contributed by atoms with Gasteiger partial charge in [0.2, 0.25) is 5.91 Å². The van der Waals surface area contributed by atoms with Gasteiger partial charge < -0.3 is 10.1 Å². The summed E-state index contributed by atoms with van der Waals surface area (Å²) < 4.78 is 63.4. The van der Waals surface area contributed by atoms with E-state index in [4.69, 9.17) is 4.74 Å². The number of methoxy groups -OCH3 is 1. The van der Waals surface area contributed by atoms with Crippen molar-refractivity contribution in [2.75, 3.05) is 12.4 Å². The van der Waals surface area contributed by atoms with Crippen molar-refractivity contribution in [3.05, 3.63) is 89.0 Å². The zero-order valence-corrected chi connectivity index (χ0v) is 22.1. The number of ether oxygens (including phenoxy) is 1. The third-order valence-electron chi connectivity index (χ3n) is 8.80. The summed E-state index contributed by atoms with van der Waals surface area (Å²) in [5.41, 5.74) is 4.50. The van der Waals surface area contributed by atoms with E-state index in [2.05, 4.69) is 23.4 Å².